The maximum atomic E-state index is 13.6. The minimum Gasteiger partial charge on any atom is -0.450 e. The van der Waals surface area contributed by atoms with E-state index in [2.05, 4.69) is 6.92 Å². The molecule has 1 aromatic heterocycles. The van der Waals surface area contributed by atoms with Gasteiger partial charge in [0.25, 0.3) is 5.91 Å². The van der Waals surface area contributed by atoms with Crippen molar-refractivity contribution in [1.29, 1.82) is 0 Å². The molecule has 5 rings (SSSR count). The molecule has 0 N–H and O–H groups in total. The van der Waals surface area contributed by atoms with Crippen molar-refractivity contribution in [2.75, 3.05) is 4.90 Å². The van der Waals surface area contributed by atoms with E-state index in [0.717, 1.165) is 23.2 Å². The first-order chi connectivity index (χ1) is 15.0. The lowest BCUT2D eigenvalue weighted by Gasteiger charge is -2.25. The zero-order valence-corrected chi connectivity index (χ0v) is 17.9. The average Bonchev–Trinajstić information content (AvgIpc) is 3.07. The molecule has 1 amide bonds. The molecule has 0 saturated carbocycles. The molecule has 1 aliphatic heterocycles. The Morgan fingerprint density at radius 2 is 1.77 bits per heavy atom. The van der Waals surface area contributed by atoms with E-state index in [1.54, 1.807) is 23.1 Å². The number of aryl methyl sites for hydroxylation is 2. The highest BCUT2D eigenvalue weighted by atomic mass is 35.5. The van der Waals surface area contributed by atoms with Crippen LogP contribution in [0.3, 0.4) is 0 Å². The fraction of sp³-hybridized carbons (Fsp3) is 0.154. The van der Waals surface area contributed by atoms with Crippen molar-refractivity contribution in [1.82, 2.24) is 0 Å². The minimum absolute atomic E-state index is 0.0888. The molecule has 2 heterocycles. The van der Waals surface area contributed by atoms with Crippen LogP contribution in [0.4, 0.5) is 5.69 Å². The standard InChI is InChI=1S/C26H20ClNO3/c1-3-16-7-9-17(10-8-16)23-22-24(29)20-14-18(27)11-12-21(20)31-25(22)26(30)28(23)19-6-4-5-15(2)13-19/h4-14,23H,3H2,1-2H3. The van der Waals surface area contributed by atoms with Gasteiger partial charge in [0.1, 0.15) is 5.58 Å². The number of anilines is 1. The Kier molecular flexibility index (Phi) is 4.67. The zero-order valence-electron chi connectivity index (χ0n) is 17.2. The van der Waals surface area contributed by atoms with Crippen molar-refractivity contribution < 1.29 is 9.21 Å². The molecule has 0 aliphatic carbocycles. The average molecular weight is 430 g/mol. The topological polar surface area (TPSA) is 50.5 Å². The third-order valence-electron chi connectivity index (χ3n) is 5.82. The predicted octanol–water partition coefficient (Wildman–Crippen LogP) is 6.07. The van der Waals surface area contributed by atoms with Crippen LogP contribution in [0.2, 0.25) is 5.02 Å². The Hall–Kier alpha value is -3.37. The summed E-state index contributed by atoms with van der Waals surface area (Å²) < 4.78 is 5.98. The molecular weight excluding hydrogens is 410 g/mol. The molecule has 0 fully saturated rings. The summed E-state index contributed by atoms with van der Waals surface area (Å²) in [7, 11) is 0. The molecule has 0 bridgehead atoms. The first-order valence-corrected chi connectivity index (χ1v) is 10.6. The van der Waals surface area contributed by atoms with Crippen molar-refractivity contribution in [3.8, 4) is 0 Å². The lowest BCUT2D eigenvalue weighted by Crippen LogP contribution is -2.29. The van der Waals surface area contributed by atoms with Gasteiger partial charge in [-0.05, 0) is 60.4 Å². The highest BCUT2D eigenvalue weighted by Crippen LogP contribution is 2.41. The van der Waals surface area contributed by atoms with Crippen LogP contribution >= 0.6 is 11.6 Å². The van der Waals surface area contributed by atoms with Gasteiger partial charge in [0.2, 0.25) is 5.76 Å². The summed E-state index contributed by atoms with van der Waals surface area (Å²) in [6, 6.07) is 20.0. The second-order valence-corrected chi connectivity index (χ2v) is 8.26. The van der Waals surface area contributed by atoms with Gasteiger partial charge in [-0.15, -0.1) is 0 Å². The normalized spacial score (nSPS) is 15.5. The Balaban J connectivity index is 1.80. The molecule has 154 valence electrons. The van der Waals surface area contributed by atoms with E-state index in [4.69, 9.17) is 16.0 Å². The summed E-state index contributed by atoms with van der Waals surface area (Å²) in [5, 5.41) is 0.823. The molecule has 5 heteroatoms. The first kappa shape index (κ1) is 19.6. The van der Waals surface area contributed by atoms with E-state index in [-0.39, 0.29) is 17.1 Å². The Bertz CT molecular complexity index is 1390. The van der Waals surface area contributed by atoms with Crippen molar-refractivity contribution in [3.05, 3.63) is 110 Å². The maximum absolute atomic E-state index is 13.6. The number of fused-ring (bicyclic) bond motifs is 2. The highest BCUT2D eigenvalue weighted by molar-refractivity contribution is 6.31. The number of halogens is 1. The van der Waals surface area contributed by atoms with Gasteiger partial charge in [0.05, 0.1) is 17.0 Å². The van der Waals surface area contributed by atoms with Crippen LogP contribution in [-0.2, 0) is 6.42 Å². The summed E-state index contributed by atoms with van der Waals surface area (Å²) in [5.41, 5.74) is 4.28. The number of amides is 1. The SMILES string of the molecule is CCc1ccc(C2c3c(oc4ccc(Cl)cc4c3=O)C(=O)N2c2cccc(C)c2)cc1. The van der Waals surface area contributed by atoms with Crippen LogP contribution in [0.15, 0.2) is 75.9 Å². The van der Waals surface area contributed by atoms with E-state index in [1.807, 2.05) is 55.5 Å². The van der Waals surface area contributed by atoms with Gasteiger partial charge in [-0.3, -0.25) is 14.5 Å². The quantitative estimate of drug-likeness (QED) is 0.397. The molecular formula is C26H20ClNO3. The van der Waals surface area contributed by atoms with E-state index in [9.17, 15) is 9.59 Å². The van der Waals surface area contributed by atoms with Crippen molar-refractivity contribution >= 4 is 34.2 Å². The summed E-state index contributed by atoms with van der Waals surface area (Å²) in [5.74, 6) is -0.231. The van der Waals surface area contributed by atoms with Crippen LogP contribution in [0.25, 0.3) is 11.0 Å². The Morgan fingerprint density at radius 1 is 1.00 bits per heavy atom. The molecule has 4 aromatic rings. The molecule has 0 spiro atoms. The van der Waals surface area contributed by atoms with Gasteiger partial charge >= 0.3 is 0 Å². The Labute approximate surface area is 184 Å². The van der Waals surface area contributed by atoms with Gasteiger partial charge in [0.15, 0.2) is 5.43 Å². The molecule has 31 heavy (non-hydrogen) atoms. The molecule has 1 atom stereocenters. The highest BCUT2D eigenvalue weighted by Gasteiger charge is 2.43. The monoisotopic (exact) mass is 429 g/mol. The van der Waals surface area contributed by atoms with Gasteiger partial charge in [-0.25, -0.2) is 0 Å². The van der Waals surface area contributed by atoms with E-state index < -0.39 is 6.04 Å². The largest absolute Gasteiger partial charge is 0.450 e. The number of benzene rings is 3. The Morgan fingerprint density at radius 3 is 2.48 bits per heavy atom. The van der Waals surface area contributed by atoms with Gasteiger partial charge < -0.3 is 4.42 Å². The van der Waals surface area contributed by atoms with E-state index in [1.165, 1.54) is 5.56 Å². The number of nitrogens with zero attached hydrogens (tertiary/aromatic N) is 1. The summed E-state index contributed by atoms with van der Waals surface area (Å²) >= 11 is 6.14. The van der Waals surface area contributed by atoms with Crippen molar-refractivity contribution in [2.24, 2.45) is 0 Å². The third kappa shape index (κ3) is 3.15. The molecule has 0 radical (unpaired) electrons. The predicted molar refractivity (Wildman–Crippen MR) is 123 cm³/mol. The number of carbonyl (C=O) groups excluding carboxylic acids is 1. The molecule has 4 nitrogen and oxygen atoms in total. The van der Waals surface area contributed by atoms with Gasteiger partial charge in [0, 0.05) is 10.7 Å². The first-order valence-electron chi connectivity index (χ1n) is 10.2. The van der Waals surface area contributed by atoms with Crippen LogP contribution in [-0.4, -0.2) is 5.91 Å². The number of carbonyl (C=O) groups is 1. The maximum Gasteiger partial charge on any atom is 0.295 e. The van der Waals surface area contributed by atoms with Crippen LogP contribution < -0.4 is 10.3 Å². The number of rotatable bonds is 3. The lowest BCUT2D eigenvalue weighted by molar-refractivity contribution is 0.0971. The van der Waals surface area contributed by atoms with Crippen LogP contribution in [0.1, 0.15) is 45.8 Å². The van der Waals surface area contributed by atoms with Gasteiger partial charge in [-0.1, -0.05) is 54.9 Å². The van der Waals surface area contributed by atoms with E-state index in [0.29, 0.717) is 21.6 Å². The minimum atomic E-state index is -0.574. The van der Waals surface area contributed by atoms with Crippen molar-refractivity contribution in [3.63, 3.8) is 0 Å². The third-order valence-corrected chi connectivity index (χ3v) is 6.05. The molecule has 1 aliphatic rings. The fourth-order valence-corrected chi connectivity index (χ4v) is 4.41. The summed E-state index contributed by atoms with van der Waals surface area (Å²) in [6.45, 7) is 4.06. The summed E-state index contributed by atoms with van der Waals surface area (Å²) in [6.07, 6.45) is 0.910. The van der Waals surface area contributed by atoms with E-state index >= 15 is 0 Å². The molecule has 3 aromatic carbocycles. The van der Waals surface area contributed by atoms with Crippen molar-refractivity contribution in [2.45, 2.75) is 26.3 Å². The fourth-order valence-electron chi connectivity index (χ4n) is 4.24. The number of hydrogen-bond acceptors (Lipinski definition) is 3. The van der Waals surface area contributed by atoms with Gasteiger partial charge in [-0.2, -0.15) is 0 Å². The van der Waals surface area contributed by atoms with Crippen LogP contribution in [0, 0.1) is 6.92 Å². The molecule has 0 saturated heterocycles. The van der Waals surface area contributed by atoms with Crippen LogP contribution in [0.5, 0.6) is 0 Å². The zero-order chi connectivity index (χ0) is 21.7. The second-order valence-electron chi connectivity index (χ2n) is 7.83. The lowest BCUT2D eigenvalue weighted by atomic mass is 9.97. The number of hydrogen-bond donors (Lipinski definition) is 0. The summed E-state index contributed by atoms with van der Waals surface area (Å²) in [4.78, 5) is 28.8. The smallest absolute Gasteiger partial charge is 0.295 e. The molecule has 1 unspecified atom stereocenters. The second kappa shape index (κ2) is 7.40.